The molecule has 0 spiro atoms. The first kappa shape index (κ1) is 29.3. The number of rotatable bonds is 10. The number of Topliss-reactive ketones (excluding diaryl/α,β-unsaturated/α-hetero) is 1. The van der Waals surface area contributed by atoms with Crippen molar-refractivity contribution in [2.75, 3.05) is 32.3 Å². The van der Waals surface area contributed by atoms with Gasteiger partial charge in [0.05, 0.1) is 38.1 Å². The first-order valence-electron chi connectivity index (χ1n) is 12.7. The van der Waals surface area contributed by atoms with E-state index in [9.17, 15) is 19.5 Å². The van der Waals surface area contributed by atoms with Gasteiger partial charge in [0.2, 0.25) is 0 Å². The largest absolute Gasteiger partial charge is 0.507 e. The summed E-state index contributed by atoms with van der Waals surface area (Å²) >= 11 is 0.931. The minimum Gasteiger partial charge on any atom is -0.507 e. The third-order valence-electron chi connectivity index (χ3n) is 6.44. The summed E-state index contributed by atoms with van der Waals surface area (Å²) < 4.78 is 21.5. The molecule has 0 bridgehead atoms. The highest BCUT2D eigenvalue weighted by Crippen LogP contribution is 2.46. The van der Waals surface area contributed by atoms with Crippen LogP contribution in [0.3, 0.4) is 0 Å². The topological polar surface area (TPSA) is 124 Å². The van der Waals surface area contributed by atoms with Crippen molar-refractivity contribution in [3.63, 3.8) is 0 Å². The number of aryl methyl sites for hydroxylation is 2. The highest BCUT2D eigenvalue weighted by atomic mass is 32.1. The second kappa shape index (κ2) is 12.3. The molecule has 1 fully saturated rings. The quantitative estimate of drug-likeness (QED) is 0.114. The van der Waals surface area contributed by atoms with Crippen LogP contribution in [0.1, 0.15) is 45.0 Å². The number of aliphatic hydroxyl groups excluding tert-OH is 1. The van der Waals surface area contributed by atoms with Crippen LogP contribution in [0.4, 0.5) is 5.13 Å². The molecule has 0 aliphatic carbocycles. The van der Waals surface area contributed by atoms with Gasteiger partial charge in [-0.2, -0.15) is 0 Å². The van der Waals surface area contributed by atoms with Crippen LogP contribution in [0.5, 0.6) is 17.2 Å². The maximum atomic E-state index is 13.6. The van der Waals surface area contributed by atoms with Gasteiger partial charge in [0.15, 0.2) is 16.6 Å². The highest BCUT2D eigenvalue weighted by Gasteiger charge is 2.48. The van der Waals surface area contributed by atoms with Crippen molar-refractivity contribution in [2.24, 2.45) is 0 Å². The smallest absolute Gasteiger partial charge is 0.350 e. The predicted molar refractivity (Wildman–Crippen MR) is 154 cm³/mol. The number of hydrogen-bond acceptors (Lipinski definition) is 10. The maximum absolute atomic E-state index is 13.6. The molecular formula is C30H30N2O8S. The maximum Gasteiger partial charge on any atom is 0.350 e. The number of amides is 1. The lowest BCUT2D eigenvalue weighted by molar-refractivity contribution is -0.132. The first-order valence-corrected chi connectivity index (χ1v) is 13.5. The molecule has 41 heavy (non-hydrogen) atoms. The molecule has 0 saturated carbocycles. The number of aromatic nitrogens is 1. The van der Waals surface area contributed by atoms with E-state index < -0.39 is 23.7 Å². The molecule has 1 aliphatic heterocycles. The minimum atomic E-state index is -1.09. The Bertz CT molecular complexity index is 1560. The van der Waals surface area contributed by atoms with Crippen LogP contribution in [0, 0.1) is 13.8 Å². The number of anilines is 1. The number of aliphatic hydroxyl groups is 1. The fraction of sp³-hybridized carbons (Fsp3) is 0.267. The lowest BCUT2D eigenvalue weighted by Crippen LogP contribution is -2.29. The van der Waals surface area contributed by atoms with Gasteiger partial charge in [-0.1, -0.05) is 30.1 Å². The molecule has 2 heterocycles. The van der Waals surface area contributed by atoms with E-state index >= 15 is 0 Å². The summed E-state index contributed by atoms with van der Waals surface area (Å²) in [7, 11) is 2.96. The number of nitrogens with zero attached hydrogens (tertiary/aromatic N) is 2. The Kier molecular flexibility index (Phi) is 8.77. The predicted octanol–water partition coefficient (Wildman–Crippen LogP) is 5.14. The van der Waals surface area contributed by atoms with Crippen molar-refractivity contribution in [1.29, 1.82) is 0 Å². The van der Waals surface area contributed by atoms with Crippen LogP contribution < -0.4 is 19.1 Å². The van der Waals surface area contributed by atoms with Crippen LogP contribution in [0.25, 0.3) is 5.76 Å². The summed E-state index contributed by atoms with van der Waals surface area (Å²) in [6.45, 7) is 9.16. The molecule has 1 aliphatic rings. The summed E-state index contributed by atoms with van der Waals surface area (Å²) in [5.41, 5.74) is 1.63. The third kappa shape index (κ3) is 5.53. The van der Waals surface area contributed by atoms with Crippen LogP contribution in [-0.4, -0.2) is 55.2 Å². The first-order chi connectivity index (χ1) is 19.7. The van der Waals surface area contributed by atoms with Crippen LogP contribution in [0.2, 0.25) is 0 Å². The van der Waals surface area contributed by atoms with E-state index in [4.69, 9.17) is 18.9 Å². The zero-order chi connectivity index (χ0) is 29.8. The van der Waals surface area contributed by atoms with Crippen molar-refractivity contribution in [3.05, 3.63) is 81.9 Å². The van der Waals surface area contributed by atoms with Crippen molar-refractivity contribution < 1.29 is 38.4 Å². The number of ether oxygens (including phenoxy) is 4. The number of ketones is 1. The average Bonchev–Trinajstić information content (AvgIpc) is 3.47. The normalized spacial score (nSPS) is 16.0. The highest BCUT2D eigenvalue weighted by molar-refractivity contribution is 7.17. The summed E-state index contributed by atoms with van der Waals surface area (Å²) in [6, 6.07) is 8.84. The lowest BCUT2D eigenvalue weighted by Gasteiger charge is -2.24. The van der Waals surface area contributed by atoms with E-state index in [1.807, 2.05) is 0 Å². The Morgan fingerprint density at radius 3 is 2.49 bits per heavy atom. The number of carbonyl (C=O) groups excluding carboxylic acids is 3. The molecule has 2 aromatic carbocycles. The van der Waals surface area contributed by atoms with E-state index in [1.165, 1.54) is 19.1 Å². The molecule has 1 atom stereocenters. The minimum absolute atomic E-state index is 0.108. The Morgan fingerprint density at radius 2 is 1.85 bits per heavy atom. The van der Waals surface area contributed by atoms with Crippen LogP contribution in [0.15, 0.2) is 54.6 Å². The zero-order valence-corrected chi connectivity index (χ0v) is 24.2. The van der Waals surface area contributed by atoms with E-state index in [-0.39, 0.29) is 27.9 Å². The Balaban J connectivity index is 1.93. The molecule has 0 radical (unpaired) electrons. The molecule has 11 heteroatoms. The van der Waals surface area contributed by atoms with Crippen molar-refractivity contribution in [2.45, 2.75) is 26.8 Å². The van der Waals surface area contributed by atoms with Gasteiger partial charge in [0.1, 0.15) is 23.0 Å². The van der Waals surface area contributed by atoms with Gasteiger partial charge in [0.25, 0.3) is 5.78 Å². The summed E-state index contributed by atoms with van der Waals surface area (Å²) in [5, 5.41) is 11.7. The molecule has 10 nitrogen and oxygen atoms in total. The number of methoxy groups -OCH3 is 2. The molecule has 4 rings (SSSR count). The molecule has 1 saturated heterocycles. The van der Waals surface area contributed by atoms with Crippen molar-refractivity contribution in [3.8, 4) is 17.2 Å². The van der Waals surface area contributed by atoms with Gasteiger partial charge in [-0.3, -0.25) is 14.5 Å². The van der Waals surface area contributed by atoms with E-state index in [1.54, 1.807) is 63.2 Å². The van der Waals surface area contributed by atoms with E-state index in [0.717, 1.165) is 11.3 Å². The second-order valence-electron chi connectivity index (χ2n) is 8.99. The fourth-order valence-corrected chi connectivity index (χ4v) is 5.52. The molecule has 1 aromatic heterocycles. The van der Waals surface area contributed by atoms with Gasteiger partial charge >= 0.3 is 11.9 Å². The van der Waals surface area contributed by atoms with Crippen molar-refractivity contribution >= 4 is 39.9 Å². The van der Waals surface area contributed by atoms with Gasteiger partial charge < -0.3 is 24.1 Å². The molecule has 1 unspecified atom stereocenters. The van der Waals surface area contributed by atoms with Gasteiger partial charge in [-0.25, -0.2) is 9.78 Å². The third-order valence-corrected chi connectivity index (χ3v) is 7.58. The SMILES string of the molecule is C=CCOc1ccc(/C(O)=C2\C(=O)C(=O)N(c3nc(C)c(C(=O)OCC)s3)C2c2ccc(OC)c(OC)c2)c(C)c1. The fourth-order valence-electron chi connectivity index (χ4n) is 4.53. The number of esters is 1. The van der Waals surface area contributed by atoms with Gasteiger partial charge in [-0.15, -0.1) is 0 Å². The van der Waals surface area contributed by atoms with Gasteiger partial charge in [-0.05, 0) is 62.2 Å². The standard InChI is InChI=1S/C30H30N2O8S/c1-7-13-40-19-10-11-20(16(3)14-19)25(33)23-24(18-9-12-21(37-5)22(15-18)38-6)32(28(35)26(23)34)30-31-17(4)27(41-30)29(36)39-8-2/h7,9-12,14-15,24,33H,1,8,13H2,2-6H3/b25-23+. The van der Waals surface area contributed by atoms with Crippen molar-refractivity contribution in [1.82, 2.24) is 4.98 Å². The van der Waals surface area contributed by atoms with Crippen LogP contribution >= 0.6 is 11.3 Å². The molecule has 214 valence electrons. The summed E-state index contributed by atoms with van der Waals surface area (Å²) in [5.74, 6) is -1.40. The van der Waals surface area contributed by atoms with Crippen LogP contribution in [-0.2, 0) is 14.3 Å². The Labute approximate surface area is 241 Å². The number of hydrogen-bond donors (Lipinski definition) is 1. The van der Waals surface area contributed by atoms with E-state index in [2.05, 4.69) is 11.6 Å². The summed E-state index contributed by atoms with van der Waals surface area (Å²) in [4.78, 5) is 45.5. The van der Waals surface area contributed by atoms with Gasteiger partial charge in [0, 0.05) is 5.56 Å². The summed E-state index contributed by atoms with van der Waals surface area (Å²) in [6.07, 6.45) is 1.61. The second-order valence-corrected chi connectivity index (χ2v) is 9.97. The monoisotopic (exact) mass is 578 g/mol. The molecule has 1 amide bonds. The lowest BCUT2D eigenvalue weighted by atomic mass is 9.93. The molecular weight excluding hydrogens is 548 g/mol. The number of thiazole rings is 1. The number of benzene rings is 2. The molecule has 1 N–H and O–H groups in total. The molecule has 3 aromatic rings. The Morgan fingerprint density at radius 1 is 1.12 bits per heavy atom. The number of carbonyl (C=O) groups is 3. The zero-order valence-electron chi connectivity index (χ0n) is 23.3. The Hall–Kier alpha value is -4.64. The average molecular weight is 579 g/mol. The van der Waals surface area contributed by atoms with E-state index in [0.29, 0.717) is 46.2 Å².